The van der Waals surface area contributed by atoms with Gasteiger partial charge in [0.25, 0.3) is 0 Å². The number of carbonyl (C=O) groups is 2. The van der Waals surface area contributed by atoms with E-state index in [0.29, 0.717) is 37.9 Å². The minimum Gasteiger partial charge on any atom is -0.488 e. The zero-order valence-electron chi connectivity index (χ0n) is 34.5. The molecule has 300 valence electrons. The average molecular weight is 740 g/mol. The van der Waals surface area contributed by atoms with Crippen molar-refractivity contribution in [1.29, 1.82) is 0 Å². The molecule has 0 spiro atoms. The lowest BCUT2D eigenvalue weighted by molar-refractivity contribution is -0.309. The third-order valence-electron chi connectivity index (χ3n) is 12.5. The highest BCUT2D eigenvalue weighted by atomic mass is 16.7. The number of likely N-dealkylation sites (N-methyl/N-ethyl adjacent to an activating group) is 1. The molecule has 52 heavy (non-hydrogen) atoms. The van der Waals surface area contributed by atoms with Crippen LogP contribution in [0.15, 0.2) is 11.3 Å². The van der Waals surface area contributed by atoms with Gasteiger partial charge in [0.15, 0.2) is 24.0 Å². The van der Waals surface area contributed by atoms with Crippen LogP contribution in [0.25, 0.3) is 0 Å². The standard InChI is InChI=1S/C40H69NO11/c1-16-29-40(12,46-15)34(43)25(7)32-22(4)18-39(11,52-32)35(51-37-31(42)28(17-23(5)48-37)41(13)21(2)3)26(8)33(27(9)36(44)49-29)50-30-20-38(10,45-14)19-24(6)47-30/h21,23-31,33,35,37,42H,16-20H2,1-15H3/t23-,24+,25+,26+,27-,28+,29-,30+,31-,33+,35-,37+,38+,39-,40-/m1/s1. The normalized spacial score (nSPS) is 45.3. The van der Waals surface area contributed by atoms with E-state index in [4.69, 9.17) is 37.9 Å². The Morgan fingerprint density at radius 2 is 1.62 bits per heavy atom. The largest absolute Gasteiger partial charge is 0.488 e. The number of esters is 1. The summed E-state index contributed by atoms with van der Waals surface area (Å²) in [5, 5.41) is 11.8. The Hall–Kier alpha value is -1.64. The molecule has 3 fully saturated rings. The monoisotopic (exact) mass is 739 g/mol. The summed E-state index contributed by atoms with van der Waals surface area (Å²) < 4.78 is 51.6. The fourth-order valence-electron chi connectivity index (χ4n) is 9.10. The van der Waals surface area contributed by atoms with E-state index >= 15 is 0 Å². The van der Waals surface area contributed by atoms with Gasteiger partial charge < -0.3 is 43.0 Å². The van der Waals surface area contributed by atoms with Gasteiger partial charge in [-0.1, -0.05) is 13.8 Å². The molecule has 0 unspecified atom stereocenters. The number of aliphatic hydroxyl groups is 1. The molecule has 1 N–H and O–H groups in total. The van der Waals surface area contributed by atoms with Crippen LogP contribution < -0.4 is 0 Å². The molecule has 0 aromatic heterocycles. The molecule has 0 aromatic carbocycles. The van der Waals surface area contributed by atoms with E-state index in [1.165, 1.54) is 7.11 Å². The van der Waals surface area contributed by atoms with E-state index in [2.05, 4.69) is 18.7 Å². The highest BCUT2D eigenvalue weighted by molar-refractivity contribution is 5.92. The van der Waals surface area contributed by atoms with E-state index in [1.807, 2.05) is 62.4 Å². The Morgan fingerprint density at radius 3 is 2.19 bits per heavy atom. The summed E-state index contributed by atoms with van der Waals surface area (Å²) in [6.45, 7) is 23.2. The first-order valence-electron chi connectivity index (χ1n) is 19.4. The van der Waals surface area contributed by atoms with Gasteiger partial charge >= 0.3 is 5.97 Å². The van der Waals surface area contributed by atoms with Crippen molar-refractivity contribution in [3.8, 4) is 0 Å². The average Bonchev–Trinajstić information content (AvgIpc) is 3.40. The fourth-order valence-corrected chi connectivity index (χ4v) is 9.10. The van der Waals surface area contributed by atoms with Gasteiger partial charge in [-0.15, -0.1) is 0 Å². The molecular weight excluding hydrogens is 670 g/mol. The molecule has 4 aliphatic heterocycles. The number of allylic oxidation sites excluding steroid dienone is 1. The SMILES string of the molecule is CC[C@H]1OC(=O)[C@H](C)[C@@H](O[C@H]2C[C@@](C)(OC)C[C@H](C)O2)[C@H](C)[C@@H](O[C@@H]2O[C@H](C)C[C@H](N(C)C(C)C)[C@H]2O)[C@@]2(C)CC(C)=C(O2)[C@H](C)C(=O)[C@]1(C)OC. The molecule has 2 bridgehead atoms. The topological polar surface area (TPSA) is 131 Å². The summed E-state index contributed by atoms with van der Waals surface area (Å²) in [5.74, 6) is -2.32. The van der Waals surface area contributed by atoms with E-state index in [9.17, 15) is 14.7 Å². The van der Waals surface area contributed by atoms with Crippen LogP contribution >= 0.6 is 0 Å². The number of hydrogen-bond donors (Lipinski definition) is 1. The second-order valence-corrected chi connectivity index (χ2v) is 17.1. The van der Waals surface area contributed by atoms with Crippen LogP contribution in [0.1, 0.15) is 115 Å². The van der Waals surface area contributed by atoms with Crippen molar-refractivity contribution in [3.63, 3.8) is 0 Å². The lowest BCUT2D eigenvalue weighted by Gasteiger charge is -2.48. The van der Waals surface area contributed by atoms with Crippen LogP contribution in [0, 0.1) is 17.8 Å². The zero-order valence-corrected chi connectivity index (χ0v) is 34.5. The maximum atomic E-state index is 14.4. The van der Waals surface area contributed by atoms with Crippen molar-refractivity contribution >= 4 is 11.8 Å². The summed E-state index contributed by atoms with van der Waals surface area (Å²) in [6, 6.07) is -0.0318. The minimum atomic E-state index is -1.44. The summed E-state index contributed by atoms with van der Waals surface area (Å²) in [4.78, 5) is 30.8. The summed E-state index contributed by atoms with van der Waals surface area (Å²) >= 11 is 0. The molecule has 0 radical (unpaired) electrons. The van der Waals surface area contributed by atoms with Crippen LogP contribution in [-0.2, 0) is 47.5 Å². The van der Waals surface area contributed by atoms with Gasteiger partial charge in [0.05, 0.1) is 35.7 Å². The lowest BCUT2D eigenvalue weighted by Crippen LogP contribution is -2.60. The zero-order chi connectivity index (χ0) is 39.1. The smallest absolute Gasteiger partial charge is 0.311 e. The van der Waals surface area contributed by atoms with Crippen molar-refractivity contribution in [2.24, 2.45) is 17.8 Å². The van der Waals surface area contributed by atoms with Crippen molar-refractivity contribution in [2.75, 3.05) is 21.3 Å². The number of carbonyl (C=O) groups excluding carboxylic acids is 2. The predicted octanol–water partition coefficient (Wildman–Crippen LogP) is 5.56. The second kappa shape index (κ2) is 16.6. The number of rotatable bonds is 9. The third kappa shape index (κ3) is 8.59. The van der Waals surface area contributed by atoms with Gasteiger partial charge in [0.2, 0.25) is 0 Å². The number of methoxy groups -OCH3 is 2. The third-order valence-corrected chi connectivity index (χ3v) is 12.5. The first kappa shape index (κ1) is 43.1. The molecule has 0 amide bonds. The number of cyclic esters (lactones) is 1. The van der Waals surface area contributed by atoms with Crippen LogP contribution in [0.3, 0.4) is 0 Å². The van der Waals surface area contributed by atoms with Gasteiger partial charge in [-0.05, 0) is 94.7 Å². The number of hydrogen-bond acceptors (Lipinski definition) is 12. The van der Waals surface area contributed by atoms with Gasteiger partial charge in [-0.2, -0.15) is 0 Å². The number of ketones is 1. The Balaban J connectivity index is 1.85. The van der Waals surface area contributed by atoms with Gasteiger partial charge in [0, 0.05) is 51.5 Å². The highest BCUT2D eigenvalue weighted by Crippen LogP contribution is 2.47. The van der Waals surface area contributed by atoms with Crippen LogP contribution in [0.4, 0.5) is 0 Å². The highest BCUT2D eigenvalue weighted by Gasteiger charge is 2.56. The van der Waals surface area contributed by atoms with E-state index in [-0.39, 0.29) is 30.1 Å². The molecule has 12 nitrogen and oxygen atoms in total. The first-order valence-corrected chi connectivity index (χ1v) is 19.4. The summed E-state index contributed by atoms with van der Waals surface area (Å²) in [5.41, 5.74) is -2.07. The first-order chi connectivity index (χ1) is 24.1. The molecular formula is C40H69NO11. The fraction of sp³-hybridized carbons (Fsp3) is 0.900. The molecule has 0 saturated carbocycles. The Morgan fingerprint density at radius 1 is 0.962 bits per heavy atom. The van der Waals surface area contributed by atoms with Crippen LogP contribution in [-0.4, -0.2) is 121 Å². The molecule has 3 saturated heterocycles. The Labute approximate surface area is 312 Å². The lowest BCUT2D eigenvalue weighted by atomic mass is 9.79. The molecule has 4 rings (SSSR count). The van der Waals surface area contributed by atoms with E-state index in [1.54, 1.807) is 21.0 Å². The minimum absolute atomic E-state index is 0.158. The van der Waals surface area contributed by atoms with Crippen LogP contribution in [0.2, 0.25) is 0 Å². The van der Waals surface area contributed by atoms with Crippen molar-refractivity contribution in [2.45, 2.75) is 193 Å². The van der Waals surface area contributed by atoms with Gasteiger partial charge in [-0.3, -0.25) is 14.5 Å². The number of Topliss-reactive ketones (excluding diaryl/α,β-unsaturated/α-hetero) is 1. The second-order valence-electron chi connectivity index (χ2n) is 17.1. The summed E-state index contributed by atoms with van der Waals surface area (Å²) in [7, 11) is 5.16. The molecule has 0 aliphatic carbocycles. The molecule has 0 aromatic rings. The van der Waals surface area contributed by atoms with Crippen molar-refractivity contribution < 1.29 is 52.6 Å². The predicted molar refractivity (Wildman–Crippen MR) is 195 cm³/mol. The molecule has 4 aliphatic rings. The van der Waals surface area contributed by atoms with Crippen LogP contribution in [0.5, 0.6) is 0 Å². The number of aliphatic hydroxyl groups excluding tert-OH is 1. The number of nitrogens with zero attached hydrogens (tertiary/aromatic N) is 1. The number of ether oxygens (including phenoxy) is 8. The molecule has 15 atom stereocenters. The quantitative estimate of drug-likeness (QED) is 0.297. The van der Waals surface area contributed by atoms with Crippen molar-refractivity contribution in [3.05, 3.63) is 11.3 Å². The van der Waals surface area contributed by atoms with E-state index < -0.39 is 77.5 Å². The maximum Gasteiger partial charge on any atom is 0.311 e. The van der Waals surface area contributed by atoms with E-state index in [0.717, 1.165) is 5.57 Å². The maximum absolute atomic E-state index is 14.4. The Bertz CT molecular complexity index is 1290. The summed E-state index contributed by atoms with van der Waals surface area (Å²) in [6.07, 6.45) is -2.95. The van der Waals surface area contributed by atoms with Gasteiger partial charge in [0.1, 0.15) is 29.7 Å². The molecule has 4 heterocycles. The van der Waals surface area contributed by atoms with Gasteiger partial charge in [-0.25, -0.2) is 0 Å². The van der Waals surface area contributed by atoms with Crippen molar-refractivity contribution in [1.82, 2.24) is 4.90 Å². The Kier molecular flexibility index (Phi) is 13.8. The molecule has 12 heteroatoms. The number of fused-ring (bicyclic) bond motifs is 2.